The third-order valence-electron chi connectivity index (χ3n) is 3.23. The molecule has 1 amide bonds. The number of carbonyl (C=O) groups excluding carboxylic acids is 1. The van der Waals surface area contributed by atoms with Crippen molar-refractivity contribution >= 4 is 17.5 Å². The number of halogens is 2. The minimum absolute atomic E-state index is 0.0924. The summed E-state index contributed by atoms with van der Waals surface area (Å²) in [7, 11) is 0. The van der Waals surface area contributed by atoms with Crippen LogP contribution in [0.1, 0.15) is 37.0 Å². The Morgan fingerprint density at radius 2 is 2.06 bits per heavy atom. The van der Waals surface area contributed by atoms with Crippen molar-refractivity contribution in [2.45, 2.75) is 32.2 Å². The predicted octanol–water partition coefficient (Wildman–Crippen LogP) is 2.76. The maximum Gasteiger partial charge on any atom is 0.254 e. The number of benzene rings is 1. The molecule has 18 heavy (non-hydrogen) atoms. The molecule has 0 bridgehead atoms. The first kappa shape index (κ1) is 14.9. The fraction of sp³-hybridized carbons (Fsp3) is 0.462. The van der Waals surface area contributed by atoms with Gasteiger partial charge in [0.25, 0.3) is 5.91 Å². The molecule has 0 fully saturated rings. The van der Waals surface area contributed by atoms with Crippen LogP contribution in [0.25, 0.3) is 0 Å². The first-order chi connectivity index (χ1) is 8.49. The monoisotopic (exact) mass is 273 g/mol. The summed E-state index contributed by atoms with van der Waals surface area (Å²) < 4.78 is 13.7. The standard InChI is InChI=1S/C13H17ClFNO2/c1-3-13(4-2,8-17)16-12(18)9-6-5-7-10(14)11(9)15/h5-7,17H,3-4,8H2,1-2H3,(H,16,18). The van der Waals surface area contributed by atoms with Crippen LogP contribution in [0.3, 0.4) is 0 Å². The van der Waals surface area contributed by atoms with Gasteiger partial charge in [-0.1, -0.05) is 31.5 Å². The summed E-state index contributed by atoms with van der Waals surface area (Å²) in [5.41, 5.74) is -0.825. The van der Waals surface area contributed by atoms with Crippen molar-refractivity contribution in [3.63, 3.8) is 0 Å². The van der Waals surface area contributed by atoms with E-state index in [2.05, 4.69) is 5.32 Å². The smallest absolute Gasteiger partial charge is 0.254 e. The Labute approximate surface area is 111 Å². The van der Waals surface area contributed by atoms with Gasteiger partial charge in [-0.15, -0.1) is 0 Å². The quantitative estimate of drug-likeness (QED) is 0.867. The number of nitrogens with one attached hydrogen (secondary N) is 1. The first-order valence-electron chi connectivity index (χ1n) is 5.87. The molecule has 0 aliphatic rings. The number of aliphatic hydroxyl groups is 1. The van der Waals surface area contributed by atoms with Crippen LogP contribution in [0.15, 0.2) is 18.2 Å². The number of hydrogen-bond acceptors (Lipinski definition) is 2. The van der Waals surface area contributed by atoms with Gasteiger partial charge in [0.1, 0.15) is 0 Å². The van der Waals surface area contributed by atoms with Crippen molar-refractivity contribution in [3.05, 3.63) is 34.6 Å². The molecule has 0 atom stereocenters. The van der Waals surface area contributed by atoms with E-state index in [9.17, 15) is 14.3 Å². The van der Waals surface area contributed by atoms with Crippen molar-refractivity contribution in [2.24, 2.45) is 0 Å². The highest BCUT2D eigenvalue weighted by Gasteiger charge is 2.28. The third kappa shape index (κ3) is 3.00. The van der Waals surface area contributed by atoms with Crippen molar-refractivity contribution in [1.29, 1.82) is 0 Å². The molecular weight excluding hydrogens is 257 g/mol. The fourth-order valence-electron chi connectivity index (χ4n) is 1.68. The molecule has 0 spiro atoms. The van der Waals surface area contributed by atoms with Crippen LogP contribution in [0, 0.1) is 5.82 Å². The molecule has 0 heterocycles. The lowest BCUT2D eigenvalue weighted by Gasteiger charge is -2.30. The molecule has 0 aliphatic carbocycles. The minimum atomic E-state index is -0.740. The van der Waals surface area contributed by atoms with Gasteiger partial charge >= 0.3 is 0 Å². The summed E-state index contributed by atoms with van der Waals surface area (Å²) in [4.78, 5) is 12.0. The summed E-state index contributed by atoms with van der Waals surface area (Å²) in [6.07, 6.45) is 1.13. The Morgan fingerprint density at radius 3 is 2.56 bits per heavy atom. The highest BCUT2D eigenvalue weighted by molar-refractivity contribution is 6.31. The molecule has 100 valence electrons. The zero-order valence-electron chi connectivity index (χ0n) is 10.5. The highest BCUT2D eigenvalue weighted by Crippen LogP contribution is 2.20. The zero-order chi connectivity index (χ0) is 13.8. The number of hydrogen-bond donors (Lipinski definition) is 2. The Balaban J connectivity index is 2.98. The Hall–Kier alpha value is -1.13. The van der Waals surface area contributed by atoms with E-state index in [0.717, 1.165) is 0 Å². The van der Waals surface area contributed by atoms with E-state index in [1.165, 1.54) is 18.2 Å². The van der Waals surface area contributed by atoms with Crippen molar-refractivity contribution < 1.29 is 14.3 Å². The molecule has 1 aromatic carbocycles. The van der Waals surface area contributed by atoms with Crippen LogP contribution in [0.2, 0.25) is 5.02 Å². The molecule has 5 heteroatoms. The van der Waals surface area contributed by atoms with Crippen LogP contribution in [-0.2, 0) is 0 Å². The van der Waals surface area contributed by atoms with Crippen molar-refractivity contribution in [3.8, 4) is 0 Å². The van der Waals surface area contributed by atoms with Gasteiger partial charge in [-0.05, 0) is 25.0 Å². The van der Waals surface area contributed by atoms with Crippen LogP contribution in [0.4, 0.5) is 4.39 Å². The number of rotatable bonds is 5. The van der Waals surface area contributed by atoms with Crippen LogP contribution >= 0.6 is 11.6 Å². The molecule has 0 aliphatic heterocycles. The molecule has 0 saturated carbocycles. The highest BCUT2D eigenvalue weighted by atomic mass is 35.5. The third-order valence-corrected chi connectivity index (χ3v) is 3.52. The maximum atomic E-state index is 13.7. The molecule has 1 rings (SSSR count). The van der Waals surface area contributed by atoms with Gasteiger partial charge in [0, 0.05) is 0 Å². The van der Waals surface area contributed by atoms with Gasteiger partial charge in [0.05, 0.1) is 22.7 Å². The van der Waals surface area contributed by atoms with E-state index >= 15 is 0 Å². The van der Waals surface area contributed by atoms with Crippen LogP contribution in [0.5, 0.6) is 0 Å². The van der Waals surface area contributed by atoms with Gasteiger partial charge in [0.2, 0.25) is 0 Å². The maximum absolute atomic E-state index is 13.7. The molecule has 0 unspecified atom stereocenters. The molecular formula is C13H17ClFNO2. The number of carbonyl (C=O) groups is 1. The van der Waals surface area contributed by atoms with Crippen LogP contribution < -0.4 is 5.32 Å². The largest absolute Gasteiger partial charge is 0.394 e. The second-order valence-electron chi connectivity index (χ2n) is 4.20. The van der Waals surface area contributed by atoms with E-state index in [-0.39, 0.29) is 17.2 Å². The topological polar surface area (TPSA) is 49.3 Å². The van der Waals surface area contributed by atoms with E-state index in [4.69, 9.17) is 11.6 Å². The average Bonchev–Trinajstić information content (AvgIpc) is 2.39. The molecule has 0 aromatic heterocycles. The average molecular weight is 274 g/mol. The van der Waals surface area contributed by atoms with Crippen molar-refractivity contribution in [2.75, 3.05) is 6.61 Å². The first-order valence-corrected chi connectivity index (χ1v) is 6.25. The van der Waals surface area contributed by atoms with E-state index in [1.54, 1.807) is 0 Å². The molecule has 0 saturated heterocycles. The van der Waals surface area contributed by atoms with Gasteiger partial charge in [-0.25, -0.2) is 4.39 Å². The second-order valence-corrected chi connectivity index (χ2v) is 4.61. The van der Waals surface area contributed by atoms with E-state index in [0.29, 0.717) is 12.8 Å². The molecule has 3 nitrogen and oxygen atoms in total. The lowest BCUT2D eigenvalue weighted by molar-refractivity contribution is 0.0814. The van der Waals surface area contributed by atoms with Gasteiger partial charge in [0.15, 0.2) is 5.82 Å². The van der Waals surface area contributed by atoms with E-state index in [1.807, 2.05) is 13.8 Å². The SMILES string of the molecule is CCC(CC)(CO)NC(=O)c1cccc(Cl)c1F. The minimum Gasteiger partial charge on any atom is -0.394 e. The second kappa shape index (κ2) is 6.16. The normalized spacial score (nSPS) is 11.4. The summed E-state index contributed by atoms with van der Waals surface area (Å²) in [6.45, 7) is 3.52. The Kier molecular flexibility index (Phi) is 5.11. The van der Waals surface area contributed by atoms with Gasteiger partial charge in [-0.2, -0.15) is 0 Å². The lowest BCUT2D eigenvalue weighted by Crippen LogP contribution is -2.50. The number of amides is 1. The Morgan fingerprint density at radius 1 is 1.44 bits per heavy atom. The Bertz CT molecular complexity index is 425. The van der Waals surface area contributed by atoms with Gasteiger partial charge < -0.3 is 10.4 Å². The van der Waals surface area contributed by atoms with Crippen molar-refractivity contribution in [1.82, 2.24) is 5.32 Å². The summed E-state index contributed by atoms with van der Waals surface area (Å²) in [5.74, 6) is -1.30. The van der Waals surface area contributed by atoms with E-state index < -0.39 is 17.3 Å². The lowest BCUT2D eigenvalue weighted by atomic mass is 9.93. The fourth-order valence-corrected chi connectivity index (χ4v) is 1.85. The summed E-state index contributed by atoms with van der Waals surface area (Å²) in [6, 6.07) is 4.26. The molecule has 0 radical (unpaired) electrons. The van der Waals surface area contributed by atoms with Gasteiger partial charge in [-0.3, -0.25) is 4.79 Å². The summed E-state index contributed by atoms with van der Waals surface area (Å²) >= 11 is 5.63. The molecule has 2 N–H and O–H groups in total. The van der Waals surface area contributed by atoms with Crippen LogP contribution in [-0.4, -0.2) is 23.2 Å². The predicted molar refractivity (Wildman–Crippen MR) is 69.3 cm³/mol. The summed E-state index contributed by atoms with van der Waals surface area (Å²) in [5, 5.41) is 11.9. The number of aliphatic hydroxyl groups excluding tert-OH is 1. The molecule has 1 aromatic rings. The zero-order valence-corrected chi connectivity index (χ0v) is 11.2.